The molecule has 1 aliphatic rings. The molecule has 0 heterocycles. The van der Waals surface area contributed by atoms with E-state index < -0.39 is 0 Å². The monoisotopic (exact) mass is 228 g/mol. The number of hydrogen-bond donors (Lipinski definition) is 1. The predicted molar refractivity (Wildman–Crippen MR) is 65.2 cm³/mol. The standard InChI is InChI=1S/C14H16N2O/c15-9-11-3-1-10(2-4-11)5-6-12-7-8-13(16)14(12)17/h1-4,12-13H,5-8,16H2/t12?,13-/m0/s1. The smallest absolute Gasteiger partial charge is 0.152 e. The molecule has 0 spiro atoms. The van der Waals surface area contributed by atoms with Crippen molar-refractivity contribution in [1.82, 2.24) is 0 Å². The third kappa shape index (κ3) is 2.72. The van der Waals surface area contributed by atoms with E-state index in [4.69, 9.17) is 11.0 Å². The Hall–Kier alpha value is -1.66. The number of carbonyl (C=O) groups is 1. The highest BCUT2D eigenvalue weighted by Gasteiger charge is 2.30. The average molecular weight is 228 g/mol. The molecule has 0 aliphatic heterocycles. The van der Waals surface area contributed by atoms with Crippen LogP contribution in [-0.4, -0.2) is 11.8 Å². The second kappa shape index (κ2) is 5.11. The van der Waals surface area contributed by atoms with Gasteiger partial charge >= 0.3 is 0 Å². The Morgan fingerprint density at radius 1 is 1.29 bits per heavy atom. The first-order chi connectivity index (χ1) is 8.20. The van der Waals surface area contributed by atoms with Gasteiger partial charge in [-0.25, -0.2) is 0 Å². The number of benzene rings is 1. The van der Waals surface area contributed by atoms with Crippen molar-refractivity contribution < 1.29 is 4.79 Å². The molecule has 1 aliphatic carbocycles. The second-order valence-corrected chi connectivity index (χ2v) is 4.63. The van der Waals surface area contributed by atoms with Crippen molar-refractivity contribution in [1.29, 1.82) is 5.26 Å². The fourth-order valence-electron chi connectivity index (χ4n) is 2.34. The van der Waals surface area contributed by atoms with Gasteiger partial charge in [0.1, 0.15) is 0 Å². The second-order valence-electron chi connectivity index (χ2n) is 4.63. The summed E-state index contributed by atoms with van der Waals surface area (Å²) in [5.74, 6) is 0.360. The minimum atomic E-state index is -0.235. The van der Waals surface area contributed by atoms with Crippen molar-refractivity contribution in [3.05, 3.63) is 35.4 Å². The largest absolute Gasteiger partial charge is 0.321 e. The topological polar surface area (TPSA) is 66.9 Å². The number of nitrogens with two attached hydrogens (primary N) is 1. The fourth-order valence-corrected chi connectivity index (χ4v) is 2.34. The van der Waals surface area contributed by atoms with E-state index in [-0.39, 0.29) is 17.7 Å². The summed E-state index contributed by atoms with van der Waals surface area (Å²) in [6, 6.07) is 9.40. The lowest BCUT2D eigenvalue weighted by Crippen LogP contribution is -2.27. The maximum Gasteiger partial charge on any atom is 0.152 e. The number of carbonyl (C=O) groups excluding carboxylic acids is 1. The van der Waals surface area contributed by atoms with Gasteiger partial charge in [0.2, 0.25) is 0 Å². The molecule has 0 amide bonds. The molecule has 1 aromatic carbocycles. The van der Waals surface area contributed by atoms with E-state index in [9.17, 15) is 4.79 Å². The molecule has 1 unspecified atom stereocenters. The number of hydrogen-bond acceptors (Lipinski definition) is 3. The van der Waals surface area contributed by atoms with Crippen LogP contribution in [0.25, 0.3) is 0 Å². The van der Waals surface area contributed by atoms with Crippen LogP contribution < -0.4 is 5.73 Å². The van der Waals surface area contributed by atoms with E-state index in [1.54, 1.807) is 0 Å². The van der Waals surface area contributed by atoms with Crippen molar-refractivity contribution in [3.8, 4) is 6.07 Å². The van der Waals surface area contributed by atoms with Crippen LogP contribution in [0, 0.1) is 17.2 Å². The summed E-state index contributed by atoms with van der Waals surface area (Å²) in [5.41, 5.74) is 7.54. The van der Waals surface area contributed by atoms with Crippen LogP contribution in [-0.2, 0) is 11.2 Å². The molecule has 2 atom stereocenters. The highest BCUT2D eigenvalue weighted by atomic mass is 16.1. The summed E-state index contributed by atoms with van der Waals surface area (Å²) in [6.07, 6.45) is 3.51. The number of Topliss-reactive ketones (excluding diaryl/α,β-unsaturated/α-hetero) is 1. The van der Waals surface area contributed by atoms with Crippen LogP contribution in [0.2, 0.25) is 0 Å². The molecule has 1 saturated carbocycles. The summed E-state index contributed by atoms with van der Waals surface area (Å²) in [4.78, 5) is 11.7. The third-order valence-corrected chi connectivity index (χ3v) is 3.46. The summed E-state index contributed by atoms with van der Waals surface area (Å²) in [5, 5.41) is 8.69. The molecular formula is C14H16N2O. The van der Waals surface area contributed by atoms with E-state index in [0.717, 1.165) is 25.7 Å². The van der Waals surface area contributed by atoms with Crippen molar-refractivity contribution in [2.24, 2.45) is 11.7 Å². The molecule has 3 heteroatoms. The third-order valence-electron chi connectivity index (χ3n) is 3.46. The van der Waals surface area contributed by atoms with E-state index in [0.29, 0.717) is 5.56 Å². The number of nitriles is 1. The van der Waals surface area contributed by atoms with Gasteiger partial charge < -0.3 is 5.73 Å². The van der Waals surface area contributed by atoms with Crippen LogP contribution >= 0.6 is 0 Å². The summed E-state index contributed by atoms with van der Waals surface area (Å²) in [7, 11) is 0. The first-order valence-electron chi connectivity index (χ1n) is 5.99. The van der Waals surface area contributed by atoms with E-state index in [1.165, 1.54) is 5.56 Å². The Labute approximate surface area is 101 Å². The van der Waals surface area contributed by atoms with Crippen molar-refractivity contribution in [2.75, 3.05) is 0 Å². The zero-order valence-electron chi connectivity index (χ0n) is 9.73. The van der Waals surface area contributed by atoms with E-state index in [1.807, 2.05) is 24.3 Å². The molecule has 1 fully saturated rings. The van der Waals surface area contributed by atoms with Gasteiger partial charge in [-0.05, 0) is 43.4 Å². The predicted octanol–water partition coefficient (Wildman–Crippen LogP) is 1.80. The zero-order chi connectivity index (χ0) is 12.3. The minimum Gasteiger partial charge on any atom is -0.321 e. The Bertz CT molecular complexity index is 444. The van der Waals surface area contributed by atoms with Gasteiger partial charge in [-0.15, -0.1) is 0 Å². The molecule has 0 saturated heterocycles. The van der Waals surface area contributed by atoms with E-state index >= 15 is 0 Å². The summed E-state index contributed by atoms with van der Waals surface area (Å²) >= 11 is 0. The first-order valence-corrected chi connectivity index (χ1v) is 5.99. The van der Waals surface area contributed by atoms with Crippen molar-refractivity contribution >= 4 is 5.78 Å². The average Bonchev–Trinajstić information content (AvgIpc) is 2.68. The minimum absolute atomic E-state index is 0.139. The van der Waals surface area contributed by atoms with Crippen LogP contribution in [0.5, 0.6) is 0 Å². The zero-order valence-corrected chi connectivity index (χ0v) is 9.73. The van der Waals surface area contributed by atoms with Crippen LogP contribution in [0.1, 0.15) is 30.4 Å². The van der Waals surface area contributed by atoms with Gasteiger partial charge in [0.05, 0.1) is 17.7 Å². The maximum atomic E-state index is 11.7. The van der Waals surface area contributed by atoms with Gasteiger partial charge in [-0.1, -0.05) is 12.1 Å². The lowest BCUT2D eigenvalue weighted by Gasteiger charge is -2.08. The molecule has 0 aromatic heterocycles. The number of nitrogens with zero attached hydrogens (tertiary/aromatic N) is 1. The molecular weight excluding hydrogens is 212 g/mol. The van der Waals surface area contributed by atoms with E-state index in [2.05, 4.69) is 6.07 Å². The summed E-state index contributed by atoms with van der Waals surface area (Å²) < 4.78 is 0. The Kier molecular flexibility index (Phi) is 3.55. The number of aryl methyl sites for hydroxylation is 1. The normalized spacial score (nSPS) is 23.6. The SMILES string of the molecule is N#Cc1ccc(CCC2CC[C@H](N)C2=O)cc1. The maximum absolute atomic E-state index is 11.7. The number of ketones is 1. The highest BCUT2D eigenvalue weighted by molar-refractivity contribution is 5.88. The van der Waals surface area contributed by atoms with Crippen LogP contribution in [0.15, 0.2) is 24.3 Å². The molecule has 1 aromatic rings. The molecule has 2 rings (SSSR count). The molecule has 17 heavy (non-hydrogen) atoms. The molecule has 0 bridgehead atoms. The van der Waals surface area contributed by atoms with Crippen molar-refractivity contribution in [3.63, 3.8) is 0 Å². The van der Waals surface area contributed by atoms with Crippen LogP contribution in [0.4, 0.5) is 0 Å². The quantitative estimate of drug-likeness (QED) is 0.857. The Morgan fingerprint density at radius 2 is 2.00 bits per heavy atom. The summed E-state index contributed by atoms with van der Waals surface area (Å²) in [6.45, 7) is 0. The lowest BCUT2D eigenvalue weighted by molar-refractivity contribution is -0.121. The Balaban J connectivity index is 1.90. The number of rotatable bonds is 3. The molecule has 2 N–H and O–H groups in total. The first kappa shape index (κ1) is 11.8. The van der Waals surface area contributed by atoms with Gasteiger partial charge in [0.25, 0.3) is 0 Å². The molecule has 88 valence electrons. The molecule has 3 nitrogen and oxygen atoms in total. The Morgan fingerprint density at radius 3 is 2.53 bits per heavy atom. The highest BCUT2D eigenvalue weighted by Crippen LogP contribution is 2.25. The van der Waals surface area contributed by atoms with Crippen molar-refractivity contribution in [2.45, 2.75) is 31.7 Å². The van der Waals surface area contributed by atoms with Crippen LogP contribution in [0.3, 0.4) is 0 Å². The van der Waals surface area contributed by atoms with Gasteiger partial charge in [-0.2, -0.15) is 5.26 Å². The molecule has 0 radical (unpaired) electrons. The van der Waals surface area contributed by atoms with Gasteiger partial charge in [-0.3, -0.25) is 4.79 Å². The van der Waals surface area contributed by atoms with Gasteiger partial charge in [0, 0.05) is 5.92 Å². The lowest BCUT2D eigenvalue weighted by atomic mass is 9.97. The van der Waals surface area contributed by atoms with Gasteiger partial charge in [0.15, 0.2) is 5.78 Å². The fraction of sp³-hybridized carbons (Fsp3) is 0.429.